The number of carbonyl (C=O) groups is 2. The number of hydrogen-bond acceptors (Lipinski definition) is 9. The van der Waals surface area contributed by atoms with Crippen LogP contribution in [0.4, 0.5) is 11.4 Å². The van der Waals surface area contributed by atoms with Crippen molar-refractivity contribution >= 4 is 46.0 Å². The smallest absolute Gasteiger partial charge is 0.317 e. The summed E-state index contributed by atoms with van der Waals surface area (Å²) in [6, 6.07) is 11.3. The second-order valence-corrected chi connectivity index (χ2v) is 7.24. The first kappa shape index (κ1) is 22.0. The van der Waals surface area contributed by atoms with E-state index in [9.17, 15) is 19.7 Å². The second kappa shape index (κ2) is 9.85. The average Bonchev–Trinajstić information content (AvgIpc) is 2.77. The molecule has 0 aliphatic carbocycles. The van der Waals surface area contributed by atoms with Crippen molar-refractivity contribution < 1.29 is 24.0 Å². The SMILES string of the molecule is COc1ccc(NC(=O)C(C)OC(=O)CSc2cnc3ccccc3n2)c([N+](=O)[O-])c1. The normalized spacial score (nSPS) is 11.5. The highest BCUT2D eigenvalue weighted by molar-refractivity contribution is 7.99. The van der Waals surface area contributed by atoms with Crippen molar-refractivity contribution in [1.29, 1.82) is 0 Å². The number of nitrogens with one attached hydrogen (secondary N) is 1. The van der Waals surface area contributed by atoms with Crippen molar-refractivity contribution in [1.82, 2.24) is 9.97 Å². The topological polar surface area (TPSA) is 134 Å². The third-order valence-electron chi connectivity index (χ3n) is 4.10. The van der Waals surface area contributed by atoms with Gasteiger partial charge in [0.05, 0.1) is 41.1 Å². The summed E-state index contributed by atoms with van der Waals surface area (Å²) >= 11 is 1.13. The molecule has 3 rings (SSSR count). The van der Waals surface area contributed by atoms with Gasteiger partial charge >= 0.3 is 5.97 Å². The van der Waals surface area contributed by atoms with Crippen LogP contribution in [-0.4, -0.2) is 45.7 Å². The first-order valence-corrected chi connectivity index (χ1v) is 10.0. The summed E-state index contributed by atoms with van der Waals surface area (Å²) in [6.07, 6.45) is 0.400. The van der Waals surface area contributed by atoms with Gasteiger partial charge in [0.25, 0.3) is 11.6 Å². The number of fused-ring (bicyclic) bond motifs is 1. The largest absolute Gasteiger partial charge is 0.496 e. The Labute approximate surface area is 181 Å². The van der Waals surface area contributed by atoms with Gasteiger partial charge in [-0.15, -0.1) is 0 Å². The molecular formula is C20H18N4O6S. The fraction of sp³-hybridized carbons (Fsp3) is 0.200. The van der Waals surface area contributed by atoms with Crippen LogP contribution in [0.25, 0.3) is 11.0 Å². The van der Waals surface area contributed by atoms with Gasteiger partial charge in [-0.05, 0) is 31.2 Å². The number of nitrogens with zero attached hydrogens (tertiary/aromatic N) is 3. The standard InChI is InChI=1S/C20H18N4O6S/c1-12(20(26)23-16-8-7-13(29-2)9-17(16)24(27)28)30-19(25)11-31-18-10-21-14-5-3-4-6-15(14)22-18/h3-10,12H,11H2,1-2H3,(H,23,26). The third kappa shape index (κ3) is 5.66. The Balaban J connectivity index is 1.56. The molecule has 1 amide bonds. The maximum atomic E-state index is 12.3. The molecule has 11 heteroatoms. The highest BCUT2D eigenvalue weighted by Gasteiger charge is 2.22. The van der Waals surface area contributed by atoms with Crippen LogP contribution < -0.4 is 10.1 Å². The van der Waals surface area contributed by atoms with Crippen LogP contribution in [0.5, 0.6) is 5.75 Å². The Morgan fingerprint density at radius 3 is 2.68 bits per heavy atom. The van der Waals surface area contributed by atoms with Crippen molar-refractivity contribution in [2.24, 2.45) is 0 Å². The molecule has 1 atom stereocenters. The number of para-hydroxylation sites is 2. The van der Waals surface area contributed by atoms with E-state index in [0.29, 0.717) is 10.5 Å². The first-order chi connectivity index (χ1) is 14.9. The molecule has 0 saturated carbocycles. The van der Waals surface area contributed by atoms with Gasteiger partial charge < -0.3 is 14.8 Å². The van der Waals surface area contributed by atoms with Crippen molar-refractivity contribution in [2.45, 2.75) is 18.1 Å². The fourth-order valence-corrected chi connectivity index (χ4v) is 3.18. The van der Waals surface area contributed by atoms with Crippen LogP contribution in [0.15, 0.2) is 53.7 Å². The Hall–Kier alpha value is -3.73. The number of benzene rings is 2. The summed E-state index contributed by atoms with van der Waals surface area (Å²) in [5, 5.41) is 14.2. The molecule has 10 nitrogen and oxygen atoms in total. The summed E-state index contributed by atoms with van der Waals surface area (Å²) in [6.45, 7) is 1.38. The number of hydrogen-bond donors (Lipinski definition) is 1. The lowest BCUT2D eigenvalue weighted by molar-refractivity contribution is -0.384. The molecule has 0 radical (unpaired) electrons. The van der Waals surface area contributed by atoms with Crippen molar-refractivity contribution in [3.8, 4) is 5.75 Å². The summed E-state index contributed by atoms with van der Waals surface area (Å²) in [7, 11) is 1.38. The van der Waals surface area contributed by atoms with E-state index in [1.54, 1.807) is 6.20 Å². The van der Waals surface area contributed by atoms with Crippen LogP contribution in [0.3, 0.4) is 0 Å². The summed E-state index contributed by atoms with van der Waals surface area (Å²) < 4.78 is 10.1. The van der Waals surface area contributed by atoms with Crippen LogP contribution in [0, 0.1) is 10.1 Å². The Morgan fingerprint density at radius 2 is 1.97 bits per heavy atom. The monoisotopic (exact) mass is 442 g/mol. The molecule has 0 spiro atoms. The van der Waals surface area contributed by atoms with Gasteiger partial charge in [0.15, 0.2) is 6.10 Å². The molecule has 0 saturated heterocycles. The maximum absolute atomic E-state index is 12.3. The fourth-order valence-electron chi connectivity index (χ4n) is 2.56. The van der Waals surface area contributed by atoms with E-state index in [4.69, 9.17) is 9.47 Å². The van der Waals surface area contributed by atoms with E-state index in [0.717, 1.165) is 17.3 Å². The molecule has 0 aliphatic rings. The number of methoxy groups -OCH3 is 1. The molecule has 2 aromatic carbocycles. The van der Waals surface area contributed by atoms with Crippen LogP contribution in [0.2, 0.25) is 0 Å². The Kier molecular flexibility index (Phi) is 6.98. The minimum atomic E-state index is -1.16. The lowest BCUT2D eigenvalue weighted by Gasteiger charge is -2.14. The van der Waals surface area contributed by atoms with Gasteiger partial charge in [-0.3, -0.25) is 24.7 Å². The molecule has 0 aliphatic heterocycles. The van der Waals surface area contributed by atoms with Gasteiger partial charge in [-0.25, -0.2) is 4.98 Å². The molecule has 1 heterocycles. The van der Waals surface area contributed by atoms with Crippen LogP contribution in [-0.2, 0) is 14.3 Å². The minimum Gasteiger partial charge on any atom is -0.496 e. The number of carbonyl (C=O) groups excluding carboxylic acids is 2. The second-order valence-electron chi connectivity index (χ2n) is 6.25. The highest BCUT2D eigenvalue weighted by Crippen LogP contribution is 2.29. The number of esters is 1. The Bertz CT molecular complexity index is 1140. The van der Waals surface area contributed by atoms with E-state index in [-0.39, 0.29) is 22.9 Å². The zero-order valence-electron chi connectivity index (χ0n) is 16.6. The molecule has 1 unspecified atom stereocenters. The van der Waals surface area contributed by atoms with Crippen LogP contribution in [0.1, 0.15) is 6.92 Å². The molecule has 1 aromatic heterocycles. The minimum absolute atomic E-state index is 0.0282. The van der Waals surface area contributed by atoms with E-state index in [1.807, 2.05) is 24.3 Å². The van der Waals surface area contributed by atoms with E-state index < -0.39 is 22.9 Å². The van der Waals surface area contributed by atoms with Gasteiger partial charge in [0, 0.05) is 0 Å². The Morgan fingerprint density at radius 1 is 1.23 bits per heavy atom. The first-order valence-electron chi connectivity index (χ1n) is 9.04. The number of aromatic nitrogens is 2. The number of nitro benzene ring substituents is 1. The van der Waals surface area contributed by atoms with Gasteiger partial charge in [-0.1, -0.05) is 23.9 Å². The van der Waals surface area contributed by atoms with Gasteiger partial charge in [0.2, 0.25) is 0 Å². The molecule has 1 N–H and O–H groups in total. The molecule has 0 fully saturated rings. The van der Waals surface area contributed by atoms with Gasteiger partial charge in [0.1, 0.15) is 16.5 Å². The molecule has 0 bridgehead atoms. The summed E-state index contributed by atoms with van der Waals surface area (Å²) in [4.78, 5) is 43.7. The lowest BCUT2D eigenvalue weighted by Crippen LogP contribution is -2.30. The zero-order valence-corrected chi connectivity index (χ0v) is 17.4. The number of rotatable bonds is 8. The quantitative estimate of drug-likeness (QED) is 0.241. The maximum Gasteiger partial charge on any atom is 0.317 e. The molecule has 3 aromatic rings. The van der Waals surface area contributed by atoms with E-state index >= 15 is 0 Å². The average molecular weight is 442 g/mol. The van der Waals surface area contributed by atoms with Crippen molar-refractivity contribution in [3.63, 3.8) is 0 Å². The van der Waals surface area contributed by atoms with Crippen molar-refractivity contribution in [3.05, 3.63) is 58.8 Å². The third-order valence-corrected chi connectivity index (χ3v) is 4.97. The number of amides is 1. The van der Waals surface area contributed by atoms with Crippen molar-refractivity contribution in [2.75, 3.05) is 18.2 Å². The lowest BCUT2D eigenvalue weighted by atomic mass is 10.2. The molecular weight excluding hydrogens is 424 g/mol. The predicted octanol–water partition coefficient (Wildman–Crippen LogP) is 3.21. The van der Waals surface area contributed by atoms with Gasteiger partial charge in [-0.2, -0.15) is 0 Å². The number of ether oxygens (including phenoxy) is 2. The predicted molar refractivity (Wildman–Crippen MR) is 114 cm³/mol. The molecule has 31 heavy (non-hydrogen) atoms. The van der Waals surface area contributed by atoms with E-state index in [1.165, 1.54) is 32.2 Å². The summed E-state index contributed by atoms with van der Waals surface area (Å²) in [5.41, 5.74) is 1.08. The highest BCUT2D eigenvalue weighted by atomic mass is 32.2. The zero-order chi connectivity index (χ0) is 22.4. The number of thioether (sulfide) groups is 1. The number of anilines is 1. The summed E-state index contributed by atoms with van der Waals surface area (Å²) in [5.74, 6) is -1.13. The number of nitro groups is 1. The van der Waals surface area contributed by atoms with E-state index in [2.05, 4.69) is 15.3 Å². The van der Waals surface area contributed by atoms with Crippen LogP contribution >= 0.6 is 11.8 Å². The molecule has 160 valence electrons.